The maximum atomic E-state index is 15.0. The number of hydrogen-bond acceptors (Lipinski definition) is 1. The quantitative estimate of drug-likeness (QED) is 0.467. The zero-order chi connectivity index (χ0) is 20.9. The standard InChI is InChI=1S/C28H38FN/c1-3-5-21-8-12-22(13-9-21)24-14-16-26(27(29)18-24)28-17-15-25(19-30-28)23-10-6-20(4-2)7-11-23/h14-23H,3-13H2,1-2H3/t20-,21-,22-,23-. The van der Waals surface area contributed by atoms with Crippen LogP contribution in [0.2, 0.25) is 0 Å². The number of benzene rings is 1. The van der Waals surface area contributed by atoms with E-state index in [0.29, 0.717) is 17.4 Å². The van der Waals surface area contributed by atoms with E-state index in [4.69, 9.17) is 0 Å². The van der Waals surface area contributed by atoms with Gasteiger partial charge in [-0.2, -0.15) is 0 Å². The van der Waals surface area contributed by atoms with Crippen molar-refractivity contribution in [1.29, 1.82) is 0 Å². The van der Waals surface area contributed by atoms with Gasteiger partial charge in [-0.15, -0.1) is 0 Å². The molecule has 2 aliphatic rings. The molecule has 0 aliphatic heterocycles. The molecular formula is C28H38FN. The molecule has 1 aromatic heterocycles. The average molecular weight is 408 g/mol. The van der Waals surface area contributed by atoms with Crippen LogP contribution in [0, 0.1) is 17.7 Å². The van der Waals surface area contributed by atoms with Crippen LogP contribution in [0.15, 0.2) is 36.5 Å². The highest BCUT2D eigenvalue weighted by atomic mass is 19.1. The molecule has 2 saturated carbocycles. The van der Waals surface area contributed by atoms with Gasteiger partial charge >= 0.3 is 0 Å². The normalized spacial score (nSPS) is 27.2. The Morgan fingerprint density at radius 3 is 2.00 bits per heavy atom. The summed E-state index contributed by atoms with van der Waals surface area (Å²) in [5, 5.41) is 0. The second kappa shape index (κ2) is 10.1. The Hall–Kier alpha value is -1.70. The van der Waals surface area contributed by atoms with Crippen LogP contribution in [0.3, 0.4) is 0 Å². The predicted octanol–water partition coefficient (Wildman–Crippen LogP) is 8.65. The molecular weight excluding hydrogens is 369 g/mol. The number of nitrogens with zero attached hydrogens (tertiary/aromatic N) is 1. The molecule has 30 heavy (non-hydrogen) atoms. The lowest BCUT2D eigenvalue weighted by Crippen LogP contribution is -2.13. The fourth-order valence-electron chi connectivity index (χ4n) is 5.90. The van der Waals surface area contributed by atoms with Gasteiger partial charge in [0, 0.05) is 11.8 Å². The third kappa shape index (κ3) is 4.95. The first-order valence-electron chi connectivity index (χ1n) is 12.4. The van der Waals surface area contributed by atoms with Gasteiger partial charge in [0.05, 0.1) is 5.69 Å². The highest BCUT2D eigenvalue weighted by Gasteiger charge is 2.24. The van der Waals surface area contributed by atoms with E-state index >= 15 is 0 Å². The van der Waals surface area contributed by atoms with E-state index in [1.54, 1.807) is 6.07 Å². The summed E-state index contributed by atoms with van der Waals surface area (Å²) in [6.45, 7) is 4.58. The van der Waals surface area contributed by atoms with Gasteiger partial charge in [0.25, 0.3) is 0 Å². The topological polar surface area (TPSA) is 12.9 Å². The summed E-state index contributed by atoms with van der Waals surface area (Å²) in [7, 11) is 0. The second-order valence-electron chi connectivity index (χ2n) is 9.85. The Labute approximate surface area is 182 Å². The zero-order valence-electron chi connectivity index (χ0n) is 18.9. The summed E-state index contributed by atoms with van der Waals surface area (Å²) in [5.74, 6) is 2.82. The molecule has 162 valence electrons. The van der Waals surface area contributed by atoms with Crippen LogP contribution in [-0.4, -0.2) is 4.98 Å². The monoisotopic (exact) mass is 407 g/mol. The molecule has 4 rings (SSSR count). The van der Waals surface area contributed by atoms with Gasteiger partial charge < -0.3 is 0 Å². The number of halogens is 1. The molecule has 0 radical (unpaired) electrons. The van der Waals surface area contributed by atoms with Gasteiger partial charge in [0.15, 0.2) is 0 Å². The smallest absolute Gasteiger partial charge is 0.132 e. The minimum absolute atomic E-state index is 0.119. The van der Waals surface area contributed by atoms with Crippen LogP contribution < -0.4 is 0 Å². The Kier molecular flexibility index (Phi) is 7.23. The van der Waals surface area contributed by atoms with E-state index in [1.165, 1.54) is 81.8 Å². The molecule has 2 aromatic rings. The fraction of sp³-hybridized carbons (Fsp3) is 0.607. The molecule has 0 unspecified atom stereocenters. The van der Waals surface area contributed by atoms with Gasteiger partial charge in [-0.25, -0.2) is 4.39 Å². The van der Waals surface area contributed by atoms with E-state index in [2.05, 4.69) is 31.0 Å². The van der Waals surface area contributed by atoms with Crippen LogP contribution in [0.25, 0.3) is 11.3 Å². The molecule has 0 spiro atoms. The lowest BCUT2D eigenvalue weighted by molar-refractivity contribution is 0.308. The number of pyridine rings is 1. The molecule has 2 aliphatic carbocycles. The van der Waals surface area contributed by atoms with E-state index in [-0.39, 0.29) is 5.82 Å². The first kappa shape index (κ1) is 21.5. The summed E-state index contributed by atoms with van der Waals surface area (Å²) < 4.78 is 15.0. The van der Waals surface area contributed by atoms with Crippen molar-refractivity contribution in [3.63, 3.8) is 0 Å². The van der Waals surface area contributed by atoms with Crippen LogP contribution in [-0.2, 0) is 0 Å². The molecule has 2 heteroatoms. The number of aromatic nitrogens is 1. The molecule has 0 N–H and O–H groups in total. The molecule has 1 nitrogen and oxygen atoms in total. The SMILES string of the molecule is CCC[C@H]1CC[C@H](c2ccc(-c3ccc([C@H]4CC[C@H](CC)CC4)cn3)c(F)c2)CC1. The van der Waals surface area contributed by atoms with Crippen molar-refractivity contribution in [2.45, 2.75) is 96.3 Å². The molecule has 0 saturated heterocycles. The lowest BCUT2D eigenvalue weighted by Gasteiger charge is -2.29. The van der Waals surface area contributed by atoms with Gasteiger partial charge in [0.1, 0.15) is 5.82 Å². The Morgan fingerprint density at radius 1 is 0.800 bits per heavy atom. The Balaban J connectivity index is 1.41. The van der Waals surface area contributed by atoms with Crippen molar-refractivity contribution in [1.82, 2.24) is 4.98 Å². The zero-order valence-corrected chi connectivity index (χ0v) is 18.9. The predicted molar refractivity (Wildman–Crippen MR) is 124 cm³/mol. The summed E-state index contributed by atoms with van der Waals surface area (Å²) in [6.07, 6.45) is 16.1. The van der Waals surface area contributed by atoms with E-state index in [1.807, 2.05) is 18.3 Å². The van der Waals surface area contributed by atoms with E-state index in [0.717, 1.165) is 17.5 Å². The Bertz CT molecular complexity index is 796. The second-order valence-corrected chi connectivity index (χ2v) is 9.85. The highest BCUT2D eigenvalue weighted by molar-refractivity contribution is 5.60. The van der Waals surface area contributed by atoms with Gasteiger partial charge in [-0.05, 0) is 104 Å². The van der Waals surface area contributed by atoms with Crippen molar-refractivity contribution in [2.75, 3.05) is 0 Å². The molecule has 0 bridgehead atoms. The maximum absolute atomic E-state index is 15.0. The van der Waals surface area contributed by atoms with Crippen LogP contribution in [0.5, 0.6) is 0 Å². The average Bonchev–Trinajstić information content (AvgIpc) is 2.80. The largest absolute Gasteiger partial charge is 0.256 e. The molecule has 0 atom stereocenters. The summed E-state index contributed by atoms with van der Waals surface area (Å²) >= 11 is 0. The van der Waals surface area contributed by atoms with Crippen molar-refractivity contribution >= 4 is 0 Å². The van der Waals surface area contributed by atoms with Crippen molar-refractivity contribution < 1.29 is 4.39 Å². The van der Waals surface area contributed by atoms with Crippen molar-refractivity contribution in [3.05, 3.63) is 53.5 Å². The van der Waals surface area contributed by atoms with Gasteiger partial charge in [-0.3, -0.25) is 4.98 Å². The lowest BCUT2D eigenvalue weighted by atomic mass is 9.77. The van der Waals surface area contributed by atoms with Crippen molar-refractivity contribution in [3.8, 4) is 11.3 Å². The maximum Gasteiger partial charge on any atom is 0.132 e. The van der Waals surface area contributed by atoms with Gasteiger partial charge in [0.2, 0.25) is 0 Å². The highest BCUT2D eigenvalue weighted by Crippen LogP contribution is 2.39. The summed E-state index contributed by atoms with van der Waals surface area (Å²) in [4.78, 5) is 4.66. The third-order valence-electron chi connectivity index (χ3n) is 7.97. The van der Waals surface area contributed by atoms with Crippen LogP contribution in [0.4, 0.5) is 4.39 Å². The number of rotatable bonds is 6. The minimum Gasteiger partial charge on any atom is -0.256 e. The third-order valence-corrected chi connectivity index (χ3v) is 7.97. The number of hydrogen-bond donors (Lipinski definition) is 0. The molecule has 2 fully saturated rings. The summed E-state index contributed by atoms with van der Waals surface area (Å²) in [5.41, 5.74) is 3.90. The van der Waals surface area contributed by atoms with E-state index in [9.17, 15) is 4.39 Å². The molecule has 0 amide bonds. The first-order valence-corrected chi connectivity index (χ1v) is 12.4. The molecule has 1 aromatic carbocycles. The summed E-state index contributed by atoms with van der Waals surface area (Å²) in [6, 6.07) is 10.1. The van der Waals surface area contributed by atoms with Crippen LogP contribution in [0.1, 0.15) is 107 Å². The van der Waals surface area contributed by atoms with Crippen molar-refractivity contribution in [2.24, 2.45) is 11.8 Å². The van der Waals surface area contributed by atoms with E-state index < -0.39 is 0 Å². The minimum atomic E-state index is -0.119. The Morgan fingerprint density at radius 2 is 1.43 bits per heavy atom. The molecule has 1 heterocycles. The van der Waals surface area contributed by atoms with Crippen LogP contribution >= 0.6 is 0 Å². The fourth-order valence-corrected chi connectivity index (χ4v) is 5.90. The first-order chi connectivity index (χ1) is 14.7. The van der Waals surface area contributed by atoms with Gasteiger partial charge in [-0.1, -0.05) is 45.2 Å².